The van der Waals surface area contributed by atoms with Gasteiger partial charge in [0, 0.05) is 65.8 Å². The summed E-state index contributed by atoms with van der Waals surface area (Å²) in [5, 5.41) is 79.6. The van der Waals surface area contributed by atoms with Gasteiger partial charge in [0.1, 0.15) is 0 Å². The Balaban J connectivity index is 0.000000183. The van der Waals surface area contributed by atoms with E-state index in [0.717, 1.165) is 134 Å². The summed E-state index contributed by atoms with van der Waals surface area (Å²) in [5.74, 6) is -4.01. The van der Waals surface area contributed by atoms with Crippen molar-refractivity contribution in [2.75, 3.05) is 78.5 Å². The van der Waals surface area contributed by atoms with Crippen LogP contribution in [0.4, 0.5) is 0 Å². The molecule has 24 heteroatoms. The number of carbonyl (C=O) groups excluding carboxylic acids is 6. The molecule has 12 N–H and O–H groups in total. The molecular weight excluding hydrogens is 1290 g/mol. The van der Waals surface area contributed by atoms with E-state index in [1.54, 1.807) is 35.5 Å². The zero-order valence-corrected chi connectivity index (χ0v) is 53.5. The molecule has 21 nitrogen and oxygen atoms in total. The van der Waals surface area contributed by atoms with Crippen molar-refractivity contribution < 1.29 is 59.4 Å². The number of aliphatic hydroxyl groups is 6. The number of carbonyl (C=O) groups is 6. The third kappa shape index (κ3) is 18.3. The normalized spacial score (nSPS) is 22.0. The lowest BCUT2D eigenvalue weighted by atomic mass is 9.73. The van der Waals surface area contributed by atoms with Crippen LogP contribution in [0.1, 0.15) is 120 Å². The second kappa shape index (κ2) is 31.1. The van der Waals surface area contributed by atoms with Crippen molar-refractivity contribution in [3.05, 3.63) is 103 Å². The third-order valence-corrected chi connectivity index (χ3v) is 19.8. The maximum absolute atomic E-state index is 12.6. The van der Waals surface area contributed by atoms with Crippen LogP contribution in [0.5, 0.6) is 0 Å². The molecule has 0 aliphatic carbocycles. The number of amides is 6. The fraction of sp³-hybridized carbons (Fsp3) is 0.607. The van der Waals surface area contributed by atoms with Gasteiger partial charge in [-0.1, -0.05) is 84.2 Å². The van der Waals surface area contributed by atoms with Gasteiger partial charge in [0.2, 0.25) is 0 Å². The van der Waals surface area contributed by atoms with Gasteiger partial charge in [0.05, 0.1) is 18.1 Å². The first-order valence-corrected chi connectivity index (χ1v) is 32.1. The van der Waals surface area contributed by atoms with E-state index < -0.39 is 72.1 Å². The fourth-order valence-corrected chi connectivity index (χ4v) is 13.2. The van der Waals surface area contributed by atoms with E-state index in [-0.39, 0.29) is 34.4 Å². The predicted molar refractivity (Wildman–Crippen MR) is 330 cm³/mol. The van der Waals surface area contributed by atoms with E-state index in [4.69, 9.17) is 0 Å². The van der Waals surface area contributed by atoms with Crippen molar-refractivity contribution in [1.82, 2.24) is 46.6 Å². The minimum atomic E-state index is -1.80. The second-order valence-corrected chi connectivity index (χ2v) is 26.9. The summed E-state index contributed by atoms with van der Waals surface area (Å²) in [7, 11) is 0. The topological polar surface area (TPSA) is 306 Å². The van der Waals surface area contributed by atoms with Crippen molar-refractivity contribution in [1.29, 1.82) is 0 Å². The average molecular weight is 1380 g/mol. The van der Waals surface area contributed by atoms with Crippen molar-refractivity contribution in [2.45, 2.75) is 140 Å². The van der Waals surface area contributed by atoms with Crippen molar-refractivity contribution in [3.8, 4) is 0 Å². The lowest BCUT2D eigenvalue weighted by Gasteiger charge is -2.44. The minimum absolute atomic E-state index is 0.101. The second-order valence-electron chi connectivity index (χ2n) is 24.1. The highest BCUT2D eigenvalue weighted by Gasteiger charge is 2.45. The van der Waals surface area contributed by atoms with E-state index in [1.807, 2.05) is 72.8 Å². The summed E-state index contributed by atoms with van der Waals surface area (Å²) in [6, 6.07) is 21.2. The molecular formula is C61H86Br3N9O12. The molecule has 3 spiro atoms. The Kier molecular flexibility index (Phi) is 24.9. The number of benzene rings is 3. The van der Waals surface area contributed by atoms with Gasteiger partial charge in [-0.05, 0) is 180 Å². The summed E-state index contributed by atoms with van der Waals surface area (Å²) in [6.07, 6.45) is -0.848. The highest BCUT2D eigenvalue weighted by Crippen LogP contribution is 2.40. The van der Waals surface area contributed by atoms with E-state index in [9.17, 15) is 59.4 Å². The zero-order chi connectivity index (χ0) is 61.6. The predicted octanol–water partition coefficient (Wildman–Crippen LogP) is 3.24. The third-order valence-electron chi connectivity index (χ3n) is 18.2. The van der Waals surface area contributed by atoms with Crippen molar-refractivity contribution in [2.24, 2.45) is 16.2 Å². The molecule has 6 heterocycles. The summed E-state index contributed by atoms with van der Waals surface area (Å²) in [5.41, 5.74) is 3.16. The van der Waals surface area contributed by atoms with Crippen molar-refractivity contribution in [3.63, 3.8) is 0 Å². The first kappa shape index (κ1) is 68.1. The van der Waals surface area contributed by atoms with Crippen LogP contribution in [0, 0.1) is 16.2 Å². The Morgan fingerprint density at radius 2 is 0.694 bits per heavy atom. The number of aliphatic hydroxyl groups excluding tert-OH is 6. The molecule has 6 amide bonds. The number of piperidine rings is 4. The molecule has 3 aromatic carbocycles. The molecule has 0 unspecified atom stereocenters. The number of halogens is 3. The number of likely N-dealkylation sites (tertiary alicyclic amines) is 3. The van der Waals surface area contributed by atoms with Crippen LogP contribution in [0.25, 0.3) is 0 Å². The minimum Gasteiger partial charge on any atom is -0.380 e. The molecule has 468 valence electrons. The van der Waals surface area contributed by atoms with Crippen molar-refractivity contribution >= 4 is 83.2 Å². The smallest absolute Gasteiger partial charge is 0.254 e. The van der Waals surface area contributed by atoms with Gasteiger partial charge in [-0.25, -0.2) is 0 Å². The van der Waals surface area contributed by atoms with E-state index >= 15 is 0 Å². The van der Waals surface area contributed by atoms with Gasteiger partial charge in [0.25, 0.3) is 35.4 Å². The quantitative estimate of drug-likeness (QED) is 0.104. The molecule has 6 aliphatic heterocycles. The summed E-state index contributed by atoms with van der Waals surface area (Å²) < 4.78 is 2.77. The standard InChI is InChI=1S/C21H30BrN3O4.2C20H28BrN3O4/c1-14(15-3-5-16(22)6-4-15)24-19(28)17(26)18(27)20(29)25-11-8-21(9-12-25)7-2-10-23-13-21;1-13(14-2-4-15(21)5-3-14)23-18(27)16(25)17(26)19(28)24-10-7-20(8-11-24)6-9-22-12-20;1-13(14-2-4-15(21)5-3-14)23-18(27)16(25)17(26)19(28)24-11-8-20(12-24)6-9-22-10-7-20/h3-6,14,17-18,23,26-27H,2,7-13H2,1H3,(H,24,28);2*2-5,13,16-17,22,25-26H,6-12H2,1H3,(H,23,27)/t14-,17+,18+;2*13-,16+,17+/m000/s1. The fourth-order valence-electron chi connectivity index (χ4n) is 12.4. The molecule has 0 saturated carbocycles. The van der Waals surface area contributed by atoms with Crippen LogP contribution >= 0.6 is 47.8 Å². The summed E-state index contributed by atoms with van der Waals surface area (Å²) in [6.45, 7) is 14.5. The largest absolute Gasteiger partial charge is 0.380 e. The Labute approximate surface area is 523 Å². The number of nitrogens with zero attached hydrogens (tertiary/aromatic N) is 3. The van der Waals surface area contributed by atoms with E-state index in [2.05, 4.69) is 79.7 Å². The van der Waals surface area contributed by atoms with Gasteiger partial charge in [-0.2, -0.15) is 0 Å². The highest BCUT2D eigenvalue weighted by molar-refractivity contribution is 9.11. The number of hydrogen-bond acceptors (Lipinski definition) is 15. The van der Waals surface area contributed by atoms with Gasteiger partial charge < -0.3 is 77.2 Å². The van der Waals surface area contributed by atoms with Gasteiger partial charge >= 0.3 is 0 Å². The lowest BCUT2D eigenvalue weighted by Crippen LogP contribution is -2.55. The molecule has 0 radical (unpaired) electrons. The monoisotopic (exact) mass is 1370 g/mol. The molecule has 0 aromatic heterocycles. The molecule has 6 aliphatic rings. The molecule has 0 bridgehead atoms. The van der Waals surface area contributed by atoms with Gasteiger partial charge in [0.15, 0.2) is 36.6 Å². The molecule has 9 rings (SSSR count). The first-order valence-electron chi connectivity index (χ1n) is 29.7. The van der Waals surface area contributed by atoms with Gasteiger partial charge in [-0.3, -0.25) is 28.8 Å². The molecule has 85 heavy (non-hydrogen) atoms. The number of hydrogen-bond donors (Lipinski definition) is 12. The van der Waals surface area contributed by atoms with E-state index in [0.29, 0.717) is 39.3 Å². The molecule has 6 saturated heterocycles. The summed E-state index contributed by atoms with van der Waals surface area (Å²) >= 11 is 10.1. The number of rotatable bonds is 15. The van der Waals surface area contributed by atoms with Crippen LogP contribution in [0.2, 0.25) is 0 Å². The van der Waals surface area contributed by atoms with Crippen LogP contribution in [-0.2, 0) is 28.8 Å². The molecule has 6 fully saturated rings. The lowest BCUT2D eigenvalue weighted by molar-refractivity contribution is -0.155. The Morgan fingerprint density at radius 3 is 1.02 bits per heavy atom. The van der Waals surface area contributed by atoms with Crippen LogP contribution in [0.3, 0.4) is 0 Å². The van der Waals surface area contributed by atoms with Crippen LogP contribution < -0.4 is 31.9 Å². The highest BCUT2D eigenvalue weighted by atomic mass is 79.9. The van der Waals surface area contributed by atoms with Crippen LogP contribution in [-0.4, -0.2) is 196 Å². The van der Waals surface area contributed by atoms with Gasteiger partial charge in [-0.15, -0.1) is 0 Å². The number of nitrogens with one attached hydrogen (secondary N) is 6. The first-order chi connectivity index (χ1) is 40.4. The average Bonchev–Trinajstić information content (AvgIpc) is 3.96. The Hall–Kier alpha value is -4.44. The maximum Gasteiger partial charge on any atom is 0.254 e. The Bertz CT molecular complexity index is 2690. The zero-order valence-electron chi connectivity index (χ0n) is 48.8. The van der Waals surface area contributed by atoms with E-state index in [1.165, 1.54) is 0 Å². The van der Waals surface area contributed by atoms with Crippen LogP contribution in [0.15, 0.2) is 86.2 Å². The maximum atomic E-state index is 12.6. The molecule has 3 aromatic rings. The molecule has 9 atom stereocenters. The summed E-state index contributed by atoms with van der Waals surface area (Å²) in [4.78, 5) is 79.5. The SMILES string of the molecule is C[C@H](NC(=O)[C@H](O)[C@@H](O)C(=O)N1CCC2(CCCNC2)CC1)c1ccc(Br)cc1.C[C@H](NC(=O)[C@H](O)[C@@H](O)C(=O)N1CCC2(CCNC2)CC1)c1ccc(Br)cc1.C[C@H](NC(=O)[C@H](O)[C@@H](O)C(=O)N1CCC2(CCNCC2)C1)c1ccc(Br)cc1. The Morgan fingerprint density at radius 1 is 0.400 bits per heavy atom.